The van der Waals surface area contributed by atoms with Gasteiger partial charge in [-0.25, -0.2) is 0 Å². The molecule has 0 saturated carbocycles. The van der Waals surface area contributed by atoms with E-state index in [1.54, 1.807) is 0 Å². The molecule has 142 valence electrons. The maximum atomic E-state index is 6.15. The van der Waals surface area contributed by atoms with E-state index in [2.05, 4.69) is 99.0 Å². The van der Waals surface area contributed by atoms with Crippen LogP contribution in [0, 0.1) is 11.3 Å². The molecule has 2 aromatic carbocycles. The number of hydrogen-bond donors (Lipinski definition) is 0. The zero-order valence-electron chi connectivity index (χ0n) is 16.8. The van der Waals surface area contributed by atoms with Gasteiger partial charge in [-0.3, -0.25) is 0 Å². The van der Waals surface area contributed by atoms with Crippen molar-refractivity contribution in [2.24, 2.45) is 11.3 Å². The maximum absolute atomic E-state index is 6.15. The van der Waals surface area contributed by atoms with Crippen molar-refractivity contribution in [3.8, 4) is 0 Å². The van der Waals surface area contributed by atoms with Crippen LogP contribution in [0.3, 0.4) is 0 Å². The van der Waals surface area contributed by atoms with Gasteiger partial charge in [0, 0.05) is 5.92 Å². The van der Waals surface area contributed by atoms with E-state index in [4.69, 9.17) is 12.2 Å². The van der Waals surface area contributed by atoms with Crippen LogP contribution in [0.2, 0.25) is 0 Å². The van der Waals surface area contributed by atoms with E-state index in [9.17, 15) is 0 Å². The molecule has 2 aromatic rings. The van der Waals surface area contributed by atoms with Crippen LogP contribution in [-0.2, 0) is 0 Å². The van der Waals surface area contributed by atoms with Crippen molar-refractivity contribution in [1.29, 1.82) is 0 Å². The maximum Gasteiger partial charge on any atom is 0.0826 e. The third kappa shape index (κ3) is 3.87. The number of benzene rings is 2. The fourth-order valence-corrected chi connectivity index (χ4v) is 4.78. The minimum absolute atomic E-state index is 0.0160. The number of hydrogen-bond acceptors (Lipinski definition) is 1. The Kier molecular flexibility index (Phi) is 6.16. The molecule has 0 N–H and O–H groups in total. The molecule has 2 heteroatoms. The first-order valence-corrected chi connectivity index (χ1v) is 10.5. The SMILES string of the molecule is C=C[C@@](C)(CC)[C@H](C)C(=S)N1[C@@H](c2ccccc2)CC[C@@H]1c1ccccc1. The Morgan fingerprint density at radius 1 is 1.07 bits per heavy atom. The lowest BCUT2D eigenvalue weighted by atomic mass is 9.75. The van der Waals surface area contributed by atoms with Crippen molar-refractivity contribution < 1.29 is 0 Å². The molecule has 1 fully saturated rings. The van der Waals surface area contributed by atoms with Crippen molar-refractivity contribution in [2.75, 3.05) is 0 Å². The van der Waals surface area contributed by atoms with Gasteiger partial charge in [0.15, 0.2) is 0 Å². The van der Waals surface area contributed by atoms with Gasteiger partial charge in [0.05, 0.1) is 17.1 Å². The Hall–Kier alpha value is -1.93. The summed E-state index contributed by atoms with van der Waals surface area (Å²) in [6.45, 7) is 10.9. The fraction of sp³-hybridized carbons (Fsp3) is 0.400. The summed E-state index contributed by atoms with van der Waals surface area (Å²) >= 11 is 6.15. The van der Waals surface area contributed by atoms with Gasteiger partial charge < -0.3 is 4.90 Å². The monoisotopic (exact) mass is 377 g/mol. The van der Waals surface area contributed by atoms with Crippen LogP contribution >= 0.6 is 12.2 Å². The predicted molar refractivity (Wildman–Crippen MR) is 120 cm³/mol. The average Bonchev–Trinajstić information content (AvgIpc) is 3.18. The highest BCUT2D eigenvalue weighted by Crippen LogP contribution is 2.47. The molecule has 0 amide bonds. The normalized spacial score (nSPS) is 22.9. The molecule has 1 heterocycles. The topological polar surface area (TPSA) is 3.24 Å². The van der Waals surface area contributed by atoms with E-state index in [-0.39, 0.29) is 11.3 Å². The summed E-state index contributed by atoms with van der Waals surface area (Å²) in [6, 6.07) is 22.4. The van der Waals surface area contributed by atoms with E-state index < -0.39 is 0 Å². The molecular weight excluding hydrogens is 346 g/mol. The Bertz CT molecular complexity index is 722. The number of rotatable bonds is 6. The molecule has 4 atom stereocenters. The molecule has 1 aliphatic rings. The zero-order valence-corrected chi connectivity index (χ0v) is 17.6. The Labute approximate surface area is 170 Å². The highest BCUT2D eigenvalue weighted by molar-refractivity contribution is 7.80. The summed E-state index contributed by atoms with van der Waals surface area (Å²) in [6.07, 6.45) is 5.40. The van der Waals surface area contributed by atoms with Gasteiger partial charge in [-0.2, -0.15) is 0 Å². The van der Waals surface area contributed by atoms with Crippen molar-refractivity contribution in [2.45, 2.75) is 52.1 Å². The minimum Gasteiger partial charge on any atom is -0.352 e. The van der Waals surface area contributed by atoms with Gasteiger partial charge in [0.1, 0.15) is 0 Å². The Balaban J connectivity index is 2.00. The first-order valence-electron chi connectivity index (χ1n) is 10.1. The number of nitrogens with zero attached hydrogens (tertiary/aromatic N) is 1. The lowest BCUT2D eigenvalue weighted by Gasteiger charge is -2.41. The van der Waals surface area contributed by atoms with E-state index in [0.717, 1.165) is 24.3 Å². The van der Waals surface area contributed by atoms with Gasteiger partial charge in [0.25, 0.3) is 0 Å². The second kappa shape index (κ2) is 8.39. The van der Waals surface area contributed by atoms with Crippen LogP contribution in [0.5, 0.6) is 0 Å². The van der Waals surface area contributed by atoms with E-state index >= 15 is 0 Å². The Morgan fingerprint density at radius 3 is 1.89 bits per heavy atom. The first kappa shape index (κ1) is 19.8. The van der Waals surface area contributed by atoms with E-state index in [1.807, 2.05) is 0 Å². The second-order valence-corrected chi connectivity index (χ2v) is 8.38. The molecule has 1 nitrogen and oxygen atoms in total. The van der Waals surface area contributed by atoms with Gasteiger partial charge in [0.2, 0.25) is 0 Å². The lowest BCUT2D eigenvalue weighted by molar-refractivity contribution is 0.267. The van der Waals surface area contributed by atoms with Crippen LogP contribution in [-0.4, -0.2) is 9.89 Å². The summed E-state index contributed by atoms with van der Waals surface area (Å²) in [5.74, 6) is 0.269. The molecule has 0 spiro atoms. The highest BCUT2D eigenvalue weighted by atomic mass is 32.1. The quantitative estimate of drug-likeness (QED) is 0.389. The van der Waals surface area contributed by atoms with Crippen molar-refractivity contribution in [3.63, 3.8) is 0 Å². The number of likely N-dealkylation sites (tertiary alicyclic amines) is 1. The molecule has 27 heavy (non-hydrogen) atoms. The molecule has 1 saturated heterocycles. The van der Waals surface area contributed by atoms with Crippen molar-refractivity contribution in [1.82, 2.24) is 4.90 Å². The largest absolute Gasteiger partial charge is 0.352 e. The van der Waals surface area contributed by atoms with Crippen LogP contribution in [0.4, 0.5) is 0 Å². The van der Waals surface area contributed by atoms with Crippen molar-refractivity contribution >= 4 is 17.2 Å². The van der Waals surface area contributed by atoms with Gasteiger partial charge >= 0.3 is 0 Å². The van der Waals surface area contributed by atoms with Crippen LogP contribution in [0.1, 0.15) is 63.2 Å². The van der Waals surface area contributed by atoms with E-state index in [1.165, 1.54) is 11.1 Å². The summed E-state index contributed by atoms with van der Waals surface area (Å²) in [5, 5.41) is 0. The molecule has 0 radical (unpaired) electrons. The molecular formula is C25H31NS. The highest BCUT2D eigenvalue weighted by Gasteiger charge is 2.41. The van der Waals surface area contributed by atoms with Crippen LogP contribution in [0.15, 0.2) is 73.3 Å². The summed E-state index contributed by atoms with van der Waals surface area (Å²) in [5.41, 5.74) is 2.74. The molecule has 0 aromatic heterocycles. The fourth-order valence-electron chi connectivity index (χ4n) is 4.26. The minimum atomic E-state index is 0.0160. The average molecular weight is 378 g/mol. The standard InChI is InChI=1S/C25H31NS/c1-5-25(4,6-2)19(3)24(27)26-22(20-13-9-7-10-14-20)17-18-23(26)21-15-11-8-12-16-21/h5,7-16,19,22-23H,1,6,17-18H2,2-4H3/t19-,22-,23-,25+/m1/s1. The molecule has 0 bridgehead atoms. The molecule has 1 aliphatic heterocycles. The van der Waals surface area contributed by atoms with Gasteiger partial charge in [-0.15, -0.1) is 6.58 Å². The number of allylic oxidation sites excluding steroid dienone is 1. The van der Waals surface area contributed by atoms with Crippen LogP contribution < -0.4 is 0 Å². The zero-order chi connectivity index (χ0) is 19.4. The van der Waals surface area contributed by atoms with Crippen molar-refractivity contribution in [3.05, 3.63) is 84.4 Å². The lowest BCUT2D eigenvalue weighted by Crippen LogP contribution is -2.40. The summed E-state index contributed by atoms with van der Waals surface area (Å²) < 4.78 is 0. The summed E-state index contributed by atoms with van der Waals surface area (Å²) in [4.78, 5) is 3.60. The third-order valence-electron chi connectivity index (χ3n) is 6.60. The first-order chi connectivity index (χ1) is 13.0. The summed E-state index contributed by atoms with van der Waals surface area (Å²) in [7, 11) is 0. The van der Waals surface area contributed by atoms with Gasteiger partial charge in [-0.05, 0) is 35.8 Å². The third-order valence-corrected chi connectivity index (χ3v) is 7.16. The van der Waals surface area contributed by atoms with E-state index in [0.29, 0.717) is 12.1 Å². The molecule has 3 rings (SSSR count). The van der Waals surface area contributed by atoms with Crippen LogP contribution in [0.25, 0.3) is 0 Å². The van der Waals surface area contributed by atoms with Gasteiger partial charge in [-0.1, -0.05) is 99.7 Å². The second-order valence-electron chi connectivity index (χ2n) is 7.96. The Morgan fingerprint density at radius 2 is 1.52 bits per heavy atom. The molecule has 0 unspecified atom stereocenters. The predicted octanol–water partition coefficient (Wildman–Crippen LogP) is 7.13. The number of thiocarbonyl (C=S) groups is 1. The smallest absolute Gasteiger partial charge is 0.0826 e. The molecule has 0 aliphatic carbocycles.